The first-order valence-corrected chi connectivity index (χ1v) is 7.56. The van der Waals surface area contributed by atoms with Crippen LogP contribution in [0.2, 0.25) is 0 Å². The molecule has 0 heterocycles. The fraction of sp³-hybridized carbons (Fsp3) is 0.333. The van der Waals surface area contributed by atoms with Gasteiger partial charge in [0.05, 0.1) is 11.2 Å². The van der Waals surface area contributed by atoms with Crippen LogP contribution in [0.4, 0.5) is 10.5 Å². The molecule has 5 N–H and O–H groups in total. The molecule has 0 unspecified atom stereocenters. The molecule has 0 saturated heterocycles. The van der Waals surface area contributed by atoms with Crippen LogP contribution >= 0.6 is 0 Å². The van der Waals surface area contributed by atoms with Gasteiger partial charge >= 0.3 is 6.09 Å². The Labute approximate surface area is 127 Å². The Hall–Kier alpha value is -2.51. The zero-order chi connectivity index (χ0) is 17.0. The summed E-state index contributed by atoms with van der Waals surface area (Å²) in [6, 6.07) is 6.11. The van der Waals surface area contributed by atoms with Crippen LogP contribution in [0.1, 0.15) is 19.4 Å². The van der Waals surface area contributed by atoms with Crippen LogP contribution < -0.4 is 19.9 Å². The zero-order valence-electron chi connectivity index (χ0n) is 12.0. The second kappa shape index (κ2) is 6.50. The Morgan fingerprint density at radius 2 is 2.14 bits per heavy atom. The van der Waals surface area contributed by atoms with Gasteiger partial charge in [0.2, 0.25) is 0 Å². The lowest BCUT2D eigenvalue weighted by Crippen LogP contribution is -2.47. The number of amides is 1. The van der Waals surface area contributed by atoms with Crippen molar-refractivity contribution in [3.05, 3.63) is 23.8 Å². The van der Waals surface area contributed by atoms with Crippen LogP contribution in [-0.4, -0.2) is 31.8 Å². The van der Waals surface area contributed by atoms with Crippen molar-refractivity contribution in [1.29, 1.82) is 5.26 Å². The van der Waals surface area contributed by atoms with Crippen molar-refractivity contribution >= 4 is 22.0 Å². The number of hydrogen-bond donors (Lipinski definition) is 4. The summed E-state index contributed by atoms with van der Waals surface area (Å²) in [7, 11) is -4.03. The Bertz CT molecular complexity index is 709. The van der Waals surface area contributed by atoms with E-state index in [4.69, 9.17) is 20.2 Å². The first kappa shape index (κ1) is 17.5. The highest BCUT2D eigenvalue weighted by Crippen LogP contribution is 2.26. The van der Waals surface area contributed by atoms with E-state index >= 15 is 0 Å². The van der Waals surface area contributed by atoms with E-state index in [1.807, 2.05) is 10.8 Å². The lowest BCUT2D eigenvalue weighted by atomic mass is 10.1. The Kier molecular flexibility index (Phi) is 5.19. The molecular formula is C12H16N4O5S. The van der Waals surface area contributed by atoms with E-state index in [0.717, 1.165) is 0 Å². The molecule has 0 aromatic heterocycles. The number of nitrogens with one attached hydrogen (secondary N) is 2. The summed E-state index contributed by atoms with van der Waals surface area (Å²) in [5.74, 6) is 0.108. The fourth-order valence-corrected chi connectivity index (χ4v) is 2.07. The van der Waals surface area contributed by atoms with Gasteiger partial charge in [-0.3, -0.25) is 4.72 Å². The first-order chi connectivity index (χ1) is 10.0. The molecule has 0 radical (unpaired) electrons. The molecule has 0 spiro atoms. The summed E-state index contributed by atoms with van der Waals surface area (Å²) < 4.78 is 29.6. The minimum atomic E-state index is -4.03. The molecule has 120 valence electrons. The van der Waals surface area contributed by atoms with E-state index in [1.54, 1.807) is 13.8 Å². The number of nitrogens with two attached hydrogens (primary N) is 1. The van der Waals surface area contributed by atoms with Crippen molar-refractivity contribution in [1.82, 2.24) is 5.32 Å². The van der Waals surface area contributed by atoms with Crippen molar-refractivity contribution in [3.63, 3.8) is 0 Å². The van der Waals surface area contributed by atoms with Gasteiger partial charge in [-0.15, -0.1) is 0 Å². The van der Waals surface area contributed by atoms with Crippen LogP contribution in [0.15, 0.2) is 18.2 Å². The van der Waals surface area contributed by atoms with Gasteiger partial charge in [0, 0.05) is 0 Å². The molecule has 22 heavy (non-hydrogen) atoms. The third-order valence-electron chi connectivity index (χ3n) is 2.42. The average molecular weight is 328 g/mol. The third kappa shape index (κ3) is 5.47. The van der Waals surface area contributed by atoms with E-state index in [-0.39, 0.29) is 23.6 Å². The van der Waals surface area contributed by atoms with E-state index in [1.165, 1.54) is 18.2 Å². The molecule has 10 heteroatoms. The van der Waals surface area contributed by atoms with E-state index in [0.29, 0.717) is 0 Å². The van der Waals surface area contributed by atoms with Crippen molar-refractivity contribution in [2.45, 2.75) is 19.4 Å². The Morgan fingerprint density at radius 3 is 2.64 bits per heavy atom. The minimum absolute atomic E-state index is 0.0218. The quantitative estimate of drug-likeness (QED) is 0.599. The largest absolute Gasteiger partial charge is 0.490 e. The van der Waals surface area contributed by atoms with Crippen LogP contribution in [0, 0.1) is 11.3 Å². The highest BCUT2D eigenvalue weighted by Gasteiger charge is 2.22. The lowest BCUT2D eigenvalue weighted by Gasteiger charge is -2.25. The molecule has 1 amide bonds. The van der Waals surface area contributed by atoms with Gasteiger partial charge in [0.15, 0.2) is 0 Å². The smallest absolute Gasteiger partial charge is 0.405 e. The topological polar surface area (TPSA) is 155 Å². The standard InChI is InChI=1S/C12H16N4O5S/c1-12(2,15-11(17)18)7-21-10-5-3-4-9(8(10)6-13)16-22(14,19)20/h3-5,15-16H,7H2,1-2H3,(H,17,18)(H2,14,19,20). The molecule has 0 saturated carbocycles. The highest BCUT2D eigenvalue weighted by molar-refractivity contribution is 7.90. The summed E-state index contributed by atoms with van der Waals surface area (Å²) in [5.41, 5.74) is -0.976. The van der Waals surface area contributed by atoms with Crippen molar-refractivity contribution in [2.24, 2.45) is 5.14 Å². The molecule has 0 aliphatic rings. The molecule has 9 nitrogen and oxygen atoms in total. The first-order valence-electron chi connectivity index (χ1n) is 6.01. The van der Waals surface area contributed by atoms with Gasteiger partial charge in [0.25, 0.3) is 10.2 Å². The number of nitrogens with zero attached hydrogens (tertiary/aromatic N) is 1. The molecular weight excluding hydrogens is 312 g/mol. The zero-order valence-corrected chi connectivity index (χ0v) is 12.8. The van der Waals surface area contributed by atoms with Crippen LogP contribution in [0.25, 0.3) is 0 Å². The van der Waals surface area contributed by atoms with Crippen molar-refractivity contribution in [3.8, 4) is 11.8 Å². The summed E-state index contributed by atoms with van der Waals surface area (Å²) in [6.45, 7) is 3.13. The summed E-state index contributed by atoms with van der Waals surface area (Å²) in [4.78, 5) is 10.7. The molecule has 1 aromatic carbocycles. The predicted octanol–water partition coefficient (Wildman–Crippen LogP) is 0.599. The van der Waals surface area contributed by atoms with Gasteiger partial charge < -0.3 is 15.2 Å². The number of hydrogen-bond acceptors (Lipinski definition) is 5. The maximum atomic E-state index is 11.1. The Balaban J connectivity index is 2.99. The number of ether oxygens (including phenoxy) is 1. The Morgan fingerprint density at radius 1 is 1.50 bits per heavy atom. The minimum Gasteiger partial charge on any atom is -0.490 e. The number of carbonyl (C=O) groups is 1. The second-order valence-electron chi connectivity index (χ2n) is 5.04. The van der Waals surface area contributed by atoms with Crippen LogP contribution in [0.5, 0.6) is 5.75 Å². The van der Waals surface area contributed by atoms with E-state index in [9.17, 15) is 13.2 Å². The number of carboxylic acid groups (broad SMARTS) is 1. The summed E-state index contributed by atoms with van der Waals surface area (Å²) >= 11 is 0. The molecule has 1 aromatic rings. The maximum absolute atomic E-state index is 11.1. The van der Waals surface area contributed by atoms with Gasteiger partial charge in [-0.05, 0) is 26.0 Å². The number of benzene rings is 1. The van der Waals surface area contributed by atoms with Crippen molar-refractivity contribution in [2.75, 3.05) is 11.3 Å². The molecule has 0 atom stereocenters. The van der Waals surface area contributed by atoms with Crippen molar-refractivity contribution < 1.29 is 23.1 Å². The van der Waals surface area contributed by atoms with E-state index in [2.05, 4.69) is 5.32 Å². The lowest BCUT2D eigenvalue weighted by molar-refractivity contribution is 0.162. The van der Waals surface area contributed by atoms with Gasteiger partial charge in [0.1, 0.15) is 24.0 Å². The molecule has 0 fully saturated rings. The van der Waals surface area contributed by atoms with Gasteiger partial charge in [-0.25, -0.2) is 9.93 Å². The average Bonchev–Trinajstić information content (AvgIpc) is 2.33. The maximum Gasteiger partial charge on any atom is 0.405 e. The summed E-state index contributed by atoms with van der Waals surface area (Å²) in [6.07, 6.45) is -1.21. The highest BCUT2D eigenvalue weighted by atomic mass is 32.2. The van der Waals surface area contributed by atoms with Gasteiger partial charge in [-0.2, -0.15) is 13.7 Å². The molecule has 1 rings (SSSR count). The van der Waals surface area contributed by atoms with E-state index < -0.39 is 21.8 Å². The summed E-state index contributed by atoms with van der Waals surface area (Å²) in [5, 5.41) is 25.0. The second-order valence-corrected chi connectivity index (χ2v) is 6.33. The monoisotopic (exact) mass is 328 g/mol. The SMILES string of the molecule is CC(C)(COc1cccc(NS(N)(=O)=O)c1C#N)NC(=O)O. The number of nitriles is 1. The van der Waals surface area contributed by atoms with Crippen LogP contribution in [0.3, 0.4) is 0 Å². The fourth-order valence-electron chi connectivity index (χ4n) is 1.59. The third-order valence-corrected chi connectivity index (χ3v) is 2.93. The number of rotatable bonds is 6. The van der Waals surface area contributed by atoms with Gasteiger partial charge in [-0.1, -0.05) is 6.07 Å². The van der Waals surface area contributed by atoms with Crippen LogP contribution in [-0.2, 0) is 10.2 Å². The number of anilines is 1. The normalized spacial score (nSPS) is 11.4. The predicted molar refractivity (Wildman–Crippen MR) is 78.6 cm³/mol. The molecule has 0 aliphatic heterocycles. The molecule has 0 bridgehead atoms. The molecule has 0 aliphatic carbocycles.